The molecule has 0 radical (unpaired) electrons. The monoisotopic (exact) mass is 418 g/mol. The van der Waals surface area contributed by atoms with E-state index in [0.717, 1.165) is 11.3 Å². The molecule has 7 nitrogen and oxygen atoms in total. The van der Waals surface area contributed by atoms with Crippen LogP contribution in [-0.4, -0.2) is 47.1 Å². The molecule has 0 aromatic carbocycles. The molecule has 1 atom stereocenters. The van der Waals surface area contributed by atoms with Crippen LogP contribution in [0.5, 0.6) is 0 Å². The summed E-state index contributed by atoms with van der Waals surface area (Å²) in [6.45, 7) is 4.43. The summed E-state index contributed by atoms with van der Waals surface area (Å²) in [4.78, 5) is 18.6. The van der Waals surface area contributed by atoms with E-state index in [1.165, 1.54) is 0 Å². The van der Waals surface area contributed by atoms with Gasteiger partial charge in [0.05, 0.1) is 44.8 Å². The fourth-order valence-electron chi connectivity index (χ4n) is 3.60. The minimum absolute atomic E-state index is 0.0610. The molecule has 28 heavy (non-hydrogen) atoms. The second-order valence-electron chi connectivity index (χ2n) is 7.07. The molecule has 1 fully saturated rings. The number of rotatable bonds is 5. The number of hydrogen-bond acceptors (Lipinski definition) is 6. The quantitative estimate of drug-likeness (QED) is 0.687. The molecule has 0 aliphatic carbocycles. The number of nitrogens with one attached hydrogen (secondary N) is 1. The molecule has 0 bridgehead atoms. The van der Waals surface area contributed by atoms with Crippen LogP contribution in [0, 0.1) is 6.92 Å². The van der Waals surface area contributed by atoms with Crippen LogP contribution in [0.15, 0.2) is 23.6 Å². The molecular formula is C19H22N4O3S2. The highest BCUT2D eigenvalue weighted by Gasteiger charge is 2.32. The van der Waals surface area contributed by atoms with E-state index in [4.69, 9.17) is 4.98 Å². The minimum Gasteiger partial charge on any atom is -0.352 e. The van der Waals surface area contributed by atoms with E-state index in [-0.39, 0.29) is 23.5 Å². The Morgan fingerprint density at radius 3 is 2.89 bits per heavy atom. The lowest BCUT2D eigenvalue weighted by atomic mass is 10.1. The van der Waals surface area contributed by atoms with E-state index in [9.17, 15) is 13.2 Å². The normalized spacial score (nSPS) is 18.6. The van der Waals surface area contributed by atoms with Gasteiger partial charge in [-0.15, -0.1) is 11.3 Å². The minimum atomic E-state index is -3.06. The van der Waals surface area contributed by atoms with Crippen molar-refractivity contribution in [3.05, 3.63) is 34.8 Å². The predicted molar refractivity (Wildman–Crippen MR) is 111 cm³/mol. The number of aromatic nitrogens is 3. The highest BCUT2D eigenvalue weighted by Crippen LogP contribution is 2.33. The van der Waals surface area contributed by atoms with Gasteiger partial charge in [0.25, 0.3) is 5.91 Å². The van der Waals surface area contributed by atoms with Gasteiger partial charge in [-0.2, -0.15) is 5.10 Å². The summed E-state index contributed by atoms with van der Waals surface area (Å²) in [5.74, 6) is 0.0617. The van der Waals surface area contributed by atoms with Crippen molar-refractivity contribution in [1.29, 1.82) is 0 Å². The van der Waals surface area contributed by atoms with Crippen LogP contribution in [-0.2, 0) is 9.84 Å². The lowest BCUT2D eigenvalue weighted by molar-refractivity contribution is 0.0955. The van der Waals surface area contributed by atoms with Gasteiger partial charge in [0.1, 0.15) is 0 Å². The maximum Gasteiger partial charge on any atom is 0.252 e. The van der Waals surface area contributed by atoms with Gasteiger partial charge in [-0.1, -0.05) is 13.0 Å². The van der Waals surface area contributed by atoms with E-state index in [1.807, 2.05) is 37.4 Å². The number of nitrogens with zero attached hydrogens (tertiary/aromatic N) is 3. The van der Waals surface area contributed by atoms with Gasteiger partial charge in [-0.05, 0) is 37.3 Å². The van der Waals surface area contributed by atoms with Crippen LogP contribution in [0.1, 0.15) is 41.9 Å². The number of fused-ring (bicyclic) bond motifs is 1. The zero-order valence-corrected chi connectivity index (χ0v) is 17.4. The zero-order valence-electron chi connectivity index (χ0n) is 15.8. The Balaban J connectivity index is 1.91. The largest absolute Gasteiger partial charge is 0.352 e. The van der Waals surface area contributed by atoms with Gasteiger partial charge in [0.15, 0.2) is 15.5 Å². The topological polar surface area (TPSA) is 93.9 Å². The standard InChI is InChI=1S/C19H22N4O3S2/c1-3-7-20-19(24)14-10-15(16-5-4-8-27-16)21-18-17(14)12(2)22-23(18)13-6-9-28(25,26)11-13/h4-5,8,10,13H,3,6-7,9,11H2,1-2H3,(H,20,24)/t13-/m1/s1. The van der Waals surface area contributed by atoms with E-state index >= 15 is 0 Å². The van der Waals surface area contributed by atoms with Crippen molar-refractivity contribution in [2.45, 2.75) is 32.7 Å². The molecular weight excluding hydrogens is 396 g/mol. The molecule has 0 unspecified atom stereocenters. The smallest absolute Gasteiger partial charge is 0.252 e. The summed E-state index contributed by atoms with van der Waals surface area (Å²) in [5, 5.41) is 10.2. The van der Waals surface area contributed by atoms with Gasteiger partial charge in [0, 0.05) is 6.54 Å². The third-order valence-electron chi connectivity index (χ3n) is 4.94. The number of hydrogen-bond donors (Lipinski definition) is 1. The average molecular weight is 419 g/mol. The van der Waals surface area contributed by atoms with Gasteiger partial charge in [0.2, 0.25) is 0 Å². The first-order chi connectivity index (χ1) is 13.4. The maximum atomic E-state index is 12.9. The summed E-state index contributed by atoms with van der Waals surface area (Å²) >= 11 is 1.55. The Labute approximate surface area is 167 Å². The number of carbonyl (C=O) groups is 1. The molecule has 3 aromatic heterocycles. The summed E-state index contributed by atoms with van der Waals surface area (Å²) in [7, 11) is -3.06. The number of aryl methyl sites for hydroxylation is 1. The van der Waals surface area contributed by atoms with Crippen molar-refractivity contribution in [2.75, 3.05) is 18.1 Å². The zero-order chi connectivity index (χ0) is 19.9. The third-order valence-corrected chi connectivity index (χ3v) is 7.59. The van der Waals surface area contributed by atoms with Crippen molar-refractivity contribution < 1.29 is 13.2 Å². The first-order valence-corrected chi connectivity index (χ1v) is 12.0. The summed E-state index contributed by atoms with van der Waals surface area (Å²) < 4.78 is 25.7. The molecule has 0 spiro atoms. The van der Waals surface area contributed by atoms with Gasteiger partial charge in [-0.3, -0.25) is 4.79 Å². The number of carbonyl (C=O) groups excluding carboxylic acids is 1. The molecule has 1 aliphatic heterocycles. The lowest BCUT2D eigenvalue weighted by Crippen LogP contribution is -2.24. The van der Waals surface area contributed by atoms with Crippen molar-refractivity contribution in [3.8, 4) is 10.6 Å². The van der Waals surface area contributed by atoms with Crippen LogP contribution < -0.4 is 5.32 Å². The lowest BCUT2D eigenvalue weighted by Gasteiger charge is -2.11. The number of pyridine rings is 1. The summed E-state index contributed by atoms with van der Waals surface area (Å²) in [6, 6.07) is 5.46. The Bertz CT molecular complexity index is 1130. The Hall–Kier alpha value is -2.26. The highest BCUT2D eigenvalue weighted by molar-refractivity contribution is 7.91. The second-order valence-corrected chi connectivity index (χ2v) is 10.3. The molecule has 4 heterocycles. The van der Waals surface area contributed by atoms with Gasteiger partial charge < -0.3 is 5.32 Å². The fraction of sp³-hybridized carbons (Fsp3) is 0.421. The van der Waals surface area contributed by atoms with Crippen molar-refractivity contribution in [3.63, 3.8) is 0 Å². The molecule has 1 saturated heterocycles. The van der Waals surface area contributed by atoms with Crippen LogP contribution >= 0.6 is 11.3 Å². The fourth-order valence-corrected chi connectivity index (χ4v) is 5.98. The molecule has 4 rings (SSSR count). The average Bonchev–Trinajstić information content (AvgIpc) is 3.38. The van der Waals surface area contributed by atoms with Crippen molar-refractivity contribution >= 4 is 38.1 Å². The van der Waals surface area contributed by atoms with E-state index in [1.54, 1.807) is 16.0 Å². The number of amides is 1. The Morgan fingerprint density at radius 2 is 2.25 bits per heavy atom. The van der Waals surface area contributed by atoms with E-state index in [0.29, 0.717) is 41.0 Å². The first kappa shape index (κ1) is 19.1. The number of thiophene rings is 1. The van der Waals surface area contributed by atoms with Gasteiger partial charge >= 0.3 is 0 Å². The molecule has 1 amide bonds. The van der Waals surface area contributed by atoms with Crippen LogP contribution in [0.25, 0.3) is 21.6 Å². The second kappa shape index (κ2) is 7.29. The predicted octanol–water partition coefficient (Wildman–Crippen LogP) is 2.97. The van der Waals surface area contributed by atoms with Gasteiger partial charge in [-0.25, -0.2) is 18.1 Å². The highest BCUT2D eigenvalue weighted by atomic mass is 32.2. The molecule has 1 N–H and O–H groups in total. The van der Waals surface area contributed by atoms with Crippen LogP contribution in [0.4, 0.5) is 0 Å². The molecule has 1 aliphatic rings. The van der Waals surface area contributed by atoms with Crippen LogP contribution in [0.3, 0.4) is 0 Å². The molecule has 3 aromatic rings. The SMILES string of the molecule is CCCNC(=O)c1cc(-c2cccs2)nc2c1c(C)nn2[C@@H]1CCS(=O)(=O)C1. The Morgan fingerprint density at radius 1 is 1.43 bits per heavy atom. The van der Waals surface area contributed by atoms with Crippen LogP contribution in [0.2, 0.25) is 0 Å². The molecule has 0 saturated carbocycles. The first-order valence-electron chi connectivity index (χ1n) is 9.32. The summed E-state index contributed by atoms with van der Waals surface area (Å²) in [5.41, 5.74) is 2.50. The van der Waals surface area contributed by atoms with E-state index in [2.05, 4.69) is 10.4 Å². The molecule has 148 valence electrons. The van der Waals surface area contributed by atoms with Crippen molar-refractivity contribution in [2.24, 2.45) is 0 Å². The number of sulfone groups is 1. The third kappa shape index (κ3) is 3.44. The van der Waals surface area contributed by atoms with E-state index < -0.39 is 9.84 Å². The van der Waals surface area contributed by atoms with Crippen molar-refractivity contribution in [1.82, 2.24) is 20.1 Å². The maximum absolute atomic E-state index is 12.9. The molecule has 9 heteroatoms. The Kier molecular flexibility index (Phi) is 4.96. The summed E-state index contributed by atoms with van der Waals surface area (Å²) in [6.07, 6.45) is 1.36.